The Morgan fingerprint density at radius 3 is 1.33 bits per heavy atom. The average molecular weight is 212 g/mol. The molecule has 0 aromatic rings. The molecule has 0 spiro atoms. The molecular weight excluding hydrogens is 188 g/mol. The lowest BCUT2D eigenvalue weighted by Gasteiger charge is -2.38. The molecule has 0 aromatic carbocycles. The quantitative estimate of drug-likeness (QED) is 0.617. The summed E-state index contributed by atoms with van der Waals surface area (Å²) in [5.74, 6) is 0. The van der Waals surface area contributed by atoms with Crippen molar-refractivity contribution in [3.63, 3.8) is 0 Å². The van der Waals surface area contributed by atoms with E-state index in [9.17, 15) is 0 Å². The third-order valence-electron chi connectivity index (χ3n) is 3.56. The van der Waals surface area contributed by atoms with Crippen LogP contribution in [0.15, 0.2) is 10.2 Å². The first-order valence-electron chi connectivity index (χ1n) is 5.40. The maximum atomic E-state index is 7.09. The van der Waals surface area contributed by atoms with Crippen molar-refractivity contribution in [2.75, 3.05) is 0 Å². The summed E-state index contributed by atoms with van der Waals surface area (Å²) in [7, 11) is 0. The van der Waals surface area contributed by atoms with Crippen LogP contribution in [-0.4, -0.2) is 12.1 Å². The van der Waals surface area contributed by atoms with Crippen LogP contribution in [0.4, 0.5) is 0 Å². The van der Waals surface area contributed by atoms with Gasteiger partial charge in [0.15, 0.2) is 0 Å². The maximum absolute atomic E-state index is 7.09. The molecule has 0 saturated heterocycles. The van der Waals surface area contributed by atoms with Gasteiger partial charge in [-0.3, -0.25) is 0 Å². The zero-order valence-corrected chi connectivity index (χ0v) is 10.8. The molecule has 0 amide bonds. The molecule has 0 bridgehead atoms. The van der Waals surface area contributed by atoms with Crippen molar-refractivity contribution in [3.05, 3.63) is 0 Å². The van der Waals surface area contributed by atoms with Gasteiger partial charge in [0.05, 0.1) is 12.1 Å². The highest BCUT2D eigenvalue weighted by atomic mass is 15.0. The molecule has 0 radical (unpaired) electrons. The van der Waals surface area contributed by atoms with Crippen LogP contribution in [0.5, 0.6) is 0 Å². The molecule has 4 heteroatoms. The second-order valence-electron chi connectivity index (χ2n) is 5.76. The number of hydrogen-bond donors (Lipinski definition) is 2. The van der Waals surface area contributed by atoms with Crippen molar-refractivity contribution in [1.29, 1.82) is 11.1 Å². The van der Waals surface area contributed by atoms with Crippen LogP contribution in [0, 0.1) is 21.9 Å². The van der Waals surface area contributed by atoms with Gasteiger partial charge in [-0.25, -0.2) is 11.1 Å². The molecule has 0 fully saturated rings. The number of nitrogens with zero attached hydrogens (tertiary/aromatic N) is 2. The van der Waals surface area contributed by atoms with Crippen LogP contribution in [0.2, 0.25) is 0 Å². The van der Waals surface area contributed by atoms with Gasteiger partial charge in [-0.2, -0.15) is 10.2 Å². The fourth-order valence-electron chi connectivity index (χ4n) is 1.82. The van der Waals surface area contributed by atoms with Crippen LogP contribution in [-0.2, 0) is 0 Å². The largest absolute Gasteiger partial charge is 0.210 e. The van der Waals surface area contributed by atoms with E-state index >= 15 is 0 Å². The minimum absolute atomic E-state index is 0.00899. The normalized spacial score (nSPS) is 16.9. The summed E-state index contributed by atoms with van der Waals surface area (Å²) in [6, 6.07) is 0.0180. The molecule has 2 unspecified atom stereocenters. The molecule has 88 valence electrons. The van der Waals surface area contributed by atoms with Gasteiger partial charge >= 0.3 is 0 Å². The first-order chi connectivity index (χ1) is 6.67. The third kappa shape index (κ3) is 3.68. The van der Waals surface area contributed by atoms with E-state index in [1.54, 1.807) is 0 Å². The summed E-state index contributed by atoms with van der Waals surface area (Å²) in [5.41, 5.74) is 14.1. The summed E-state index contributed by atoms with van der Waals surface area (Å²) in [6.07, 6.45) is 0.910. The first kappa shape index (κ1) is 14.2. The van der Waals surface area contributed by atoms with Gasteiger partial charge in [0, 0.05) is 0 Å². The van der Waals surface area contributed by atoms with Crippen molar-refractivity contribution in [2.24, 2.45) is 21.1 Å². The van der Waals surface area contributed by atoms with Crippen LogP contribution >= 0.6 is 0 Å². The summed E-state index contributed by atoms with van der Waals surface area (Å²) < 4.78 is 0. The number of nitrogens with one attached hydrogen (secondary N) is 2. The lowest BCUT2D eigenvalue weighted by atomic mass is 9.69. The second kappa shape index (κ2) is 4.81. The molecule has 0 aliphatic rings. The van der Waals surface area contributed by atoms with Crippen LogP contribution in [0.25, 0.3) is 0 Å². The molecule has 2 atom stereocenters. The second-order valence-corrected chi connectivity index (χ2v) is 5.76. The van der Waals surface area contributed by atoms with Crippen molar-refractivity contribution in [3.8, 4) is 0 Å². The predicted octanol–water partition coefficient (Wildman–Crippen LogP) is 4.27. The van der Waals surface area contributed by atoms with Crippen molar-refractivity contribution in [2.45, 2.75) is 60.0 Å². The molecule has 0 rings (SSSR count). The van der Waals surface area contributed by atoms with E-state index < -0.39 is 0 Å². The van der Waals surface area contributed by atoms with Crippen molar-refractivity contribution >= 4 is 0 Å². The highest BCUT2D eigenvalue weighted by Gasteiger charge is 2.36. The van der Waals surface area contributed by atoms with Crippen LogP contribution < -0.4 is 0 Å². The van der Waals surface area contributed by atoms with Gasteiger partial charge in [-0.05, 0) is 31.1 Å². The molecule has 4 nitrogen and oxygen atoms in total. The molecule has 0 aliphatic carbocycles. The van der Waals surface area contributed by atoms with E-state index in [1.807, 2.05) is 13.8 Å². The van der Waals surface area contributed by atoms with E-state index in [-0.39, 0.29) is 22.9 Å². The summed E-state index contributed by atoms with van der Waals surface area (Å²) in [5, 5.41) is 7.20. The zero-order valence-electron chi connectivity index (χ0n) is 10.8. The van der Waals surface area contributed by atoms with Crippen LogP contribution in [0.1, 0.15) is 48.0 Å². The molecule has 0 heterocycles. The Kier molecular flexibility index (Phi) is 4.56. The Morgan fingerprint density at radius 1 is 0.867 bits per heavy atom. The lowest BCUT2D eigenvalue weighted by Crippen LogP contribution is -2.35. The molecular formula is C11H24N4. The first-order valence-corrected chi connectivity index (χ1v) is 5.40. The molecule has 0 aromatic heterocycles. The molecule has 0 aliphatic heterocycles. The minimum Gasteiger partial charge on any atom is -0.210 e. The molecule has 15 heavy (non-hydrogen) atoms. The minimum atomic E-state index is -0.0236. The summed E-state index contributed by atoms with van der Waals surface area (Å²) in [6.45, 7) is 12.4. The Balaban J connectivity index is 4.70. The molecule has 0 saturated carbocycles. The fourth-order valence-corrected chi connectivity index (χ4v) is 1.82. The van der Waals surface area contributed by atoms with Gasteiger partial charge in [-0.15, -0.1) is 0 Å². The van der Waals surface area contributed by atoms with Crippen molar-refractivity contribution in [1.82, 2.24) is 0 Å². The zero-order chi connectivity index (χ0) is 12.3. The van der Waals surface area contributed by atoms with E-state index in [2.05, 4.69) is 37.9 Å². The summed E-state index contributed by atoms with van der Waals surface area (Å²) in [4.78, 5) is 0. The predicted molar refractivity (Wildman–Crippen MR) is 61.4 cm³/mol. The monoisotopic (exact) mass is 212 g/mol. The molecule has 2 N–H and O–H groups in total. The standard InChI is InChI=1S/C11H24N4/c1-8(14-12)10(3,4)7-11(5,6)9(2)15-13/h8-9,12-13H,7H2,1-6H3. The van der Waals surface area contributed by atoms with Crippen molar-refractivity contribution < 1.29 is 0 Å². The third-order valence-corrected chi connectivity index (χ3v) is 3.56. The lowest BCUT2D eigenvalue weighted by molar-refractivity contribution is 0.141. The van der Waals surface area contributed by atoms with Gasteiger partial charge < -0.3 is 0 Å². The van der Waals surface area contributed by atoms with Gasteiger partial charge in [0.2, 0.25) is 0 Å². The Hall–Kier alpha value is -0.800. The van der Waals surface area contributed by atoms with Gasteiger partial charge in [0.25, 0.3) is 0 Å². The fraction of sp³-hybridized carbons (Fsp3) is 1.00. The highest BCUT2D eigenvalue weighted by molar-refractivity contribution is 4.89. The Labute approximate surface area is 92.9 Å². The number of hydrogen-bond acceptors (Lipinski definition) is 4. The van der Waals surface area contributed by atoms with Crippen LogP contribution in [0.3, 0.4) is 0 Å². The van der Waals surface area contributed by atoms with E-state index in [0.29, 0.717) is 0 Å². The van der Waals surface area contributed by atoms with E-state index in [4.69, 9.17) is 11.1 Å². The Bertz CT molecular complexity index is 209. The highest BCUT2D eigenvalue weighted by Crippen LogP contribution is 2.40. The number of rotatable bonds is 6. The van der Waals surface area contributed by atoms with Gasteiger partial charge in [0.1, 0.15) is 0 Å². The topological polar surface area (TPSA) is 72.4 Å². The smallest absolute Gasteiger partial charge is 0.0728 e. The Morgan fingerprint density at radius 2 is 1.13 bits per heavy atom. The van der Waals surface area contributed by atoms with E-state index in [0.717, 1.165) is 6.42 Å². The summed E-state index contributed by atoms with van der Waals surface area (Å²) >= 11 is 0. The SMILES string of the molecule is CC(N=N)C(C)(C)CC(C)(C)C(C)N=N. The van der Waals surface area contributed by atoms with Gasteiger partial charge in [-0.1, -0.05) is 27.7 Å². The maximum Gasteiger partial charge on any atom is 0.0728 e. The van der Waals surface area contributed by atoms with E-state index in [1.165, 1.54) is 0 Å². The average Bonchev–Trinajstić information content (AvgIpc) is 2.13.